The number of aryl methyl sites for hydroxylation is 1. The van der Waals surface area contributed by atoms with E-state index in [1.165, 1.54) is 12.6 Å². The molecule has 104 valence electrons. The van der Waals surface area contributed by atoms with Gasteiger partial charge >= 0.3 is 0 Å². The number of amides is 2. The van der Waals surface area contributed by atoms with Crippen molar-refractivity contribution in [1.82, 2.24) is 20.4 Å². The highest BCUT2D eigenvalue weighted by atomic mass is 16.2. The van der Waals surface area contributed by atoms with Crippen molar-refractivity contribution in [2.24, 2.45) is 0 Å². The van der Waals surface area contributed by atoms with Crippen LogP contribution in [0.5, 0.6) is 0 Å². The van der Waals surface area contributed by atoms with E-state index in [1.807, 2.05) is 4.90 Å². The summed E-state index contributed by atoms with van der Waals surface area (Å²) in [5, 5.41) is 9.26. The van der Waals surface area contributed by atoms with Gasteiger partial charge in [-0.15, -0.1) is 0 Å². The fourth-order valence-electron chi connectivity index (χ4n) is 2.26. The van der Waals surface area contributed by atoms with Crippen LogP contribution in [0, 0.1) is 6.92 Å². The standard InChI is InChI=1S/C13H20N4O2/c1-10-11(9-15-16-10)13(19)14-6-5-12(18)17-7-3-2-4-8-17/h9H,2-8H2,1H3,(H,14,19)(H,15,16). The minimum Gasteiger partial charge on any atom is -0.351 e. The Morgan fingerprint density at radius 3 is 2.74 bits per heavy atom. The number of hydrogen-bond donors (Lipinski definition) is 2. The fourth-order valence-corrected chi connectivity index (χ4v) is 2.26. The van der Waals surface area contributed by atoms with Crippen LogP contribution in [0.4, 0.5) is 0 Å². The molecule has 6 nitrogen and oxygen atoms in total. The summed E-state index contributed by atoms with van der Waals surface area (Å²) in [5.74, 6) is -0.0541. The van der Waals surface area contributed by atoms with Gasteiger partial charge in [0.1, 0.15) is 0 Å². The maximum absolute atomic E-state index is 11.9. The molecule has 0 bridgehead atoms. The Labute approximate surface area is 112 Å². The number of likely N-dealkylation sites (tertiary alicyclic amines) is 1. The summed E-state index contributed by atoms with van der Waals surface area (Å²) < 4.78 is 0. The predicted molar refractivity (Wildman–Crippen MR) is 70.7 cm³/mol. The van der Waals surface area contributed by atoms with Crippen molar-refractivity contribution in [2.75, 3.05) is 19.6 Å². The average molecular weight is 264 g/mol. The topological polar surface area (TPSA) is 78.1 Å². The van der Waals surface area contributed by atoms with Gasteiger partial charge in [-0.25, -0.2) is 0 Å². The summed E-state index contributed by atoms with van der Waals surface area (Å²) in [6.45, 7) is 3.88. The van der Waals surface area contributed by atoms with Gasteiger partial charge < -0.3 is 10.2 Å². The van der Waals surface area contributed by atoms with Crippen LogP contribution in [0.1, 0.15) is 41.7 Å². The van der Waals surface area contributed by atoms with Crippen LogP contribution >= 0.6 is 0 Å². The zero-order valence-corrected chi connectivity index (χ0v) is 11.2. The summed E-state index contributed by atoms with van der Waals surface area (Å²) >= 11 is 0. The maximum Gasteiger partial charge on any atom is 0.254 e. The highest BCUT2D eigenvalue weighted by Gasteiger charge is 2.16. The molecule has 0 unspecified atom stereocenters. The first-order chi connectivity index (χ1) is 9.18. The van der Waals surface area contributed by atoms with Crippen molar-refractivity contribution in [3.8, 4) is 0 Å². The first-order valence-electron chi connectivity index (χ1n) is 6.74. The zero-order chi connectivity index (χ0) is 13.7. The molecule has 1 aliphatic rings. The van der Waals surface area contributed by atoms with Crippen LogP contribution < -0.4 is 5.32 Å². The third kappa shape index (κ3) is 3.56. The number of aromatic nitrogens is 2. The molecule has 0 atom stereocenters. The van der Waals surface area contributed by atoms with Gasteiger partial charge in [0.25, 0.3) is 5.91 Å². The van der Waals surface area contributed by atoms with Crippen LogP contribution in [-0.2, 0) is 4.79 Å². The average Bonchev–Trinajstić information content (AvgIpc) is 2.86. The van der Waals surface area contributed by atoms with Crippen LogP contribution in [0.25, 0.3) is 0 Å². The number of piperidine rings is 1. The van der Waals surface area contributed by atoms with Gasteiger partial charge in [-0.1, -0.05) is 0 Å². The molecule has 2 amide bonds. The van der Waals surface area contributed by atoms with Crippen LogP contribution in [0.3, 0.4) is 0 Å². The number of H-pyrrole nitrogens is 1. The molecule has 0 spiro atoms. The van der Waals surface area contributed by atoms with Gasteiger partial charge in [0.2, 0.25) is 5.91 Å². The molecule has 1 aromatic heterocycles. The lowest BCUT2D eigenvalue weighted by Crippen LogP contribution is -2.37. The molecule has 2 rings (SSSR count). The lowest BCUT2D eigenvalue weighted by atomic mass is 10.1. The van der Waals surface area contributed by atoms with Crippen molar-refractivity contribution in [3.05, 3.63) is 17.5 Å². The molecule has 19 heavy (non-hydrogen) atoms. The van der Waals surface area contributed by atoms with E-state index in [1.54, 1.807) is 6.92 Å². The number of carbonyl (C=O) groups is 2. The molecule has 1 fully saturated rings. The zero-order valence-electron chi connectivity index (χ0n) is 11.2. The number of hydrogen-bond acceptors (Lipinski definition) is 3. The normalized spacial score (nSPS) is 15.3. The minimum absolute atomic E-state index is 0.129. The van der Waals surface area contributed by atoms with Crippen molar-refractivity contribution in [1.29, 1.82) is 0 Å². The molecule has 1 aliphatic heterocycles. The number of rotatable bonds is 4. The van der Waals surface area contributed by atoms with Gasteiger partial charge in [-0.3, -0.25) is 14.7 Å². The Balaban J connectivity index is 1.73. The molecule has 2 N–H and O–H groups in total. The fraction of sp³-hybridized carbons (Fsp3) is 0.615. The van der Waals surface area contributed by atoms with Gasteiger partial charge in [0, 0.05) is 31.7 Å². The van der Waals surface area contributed by atoms with Crippen molar-refractivity contribution in [3.63, 3.8) is 0 Å². The lowest BCUT2D eigenvalue weighted by molar-refractivity contribution is -0.131. The summed E-state index contributed by atoms with van der Waals surface area (Å²) in [4.78, 5) is 25.6. The summed E-state index contributed by atoms with van der Waals surface area (Å²) in [7, 11) is 0. The number of nitrogens with zero attached hydrogens (tertiary/aromatic N) is 2. The molecular formula is C13H20N4O2. The lowest BCUT2D eigenvalue weighted by Gasteiger charge is -2.26. The van der Waals surface area contributed by atoms with Crippen molar-refractivity contribution < 1.29 is 9.59 Å². The smallest absolute Gasteiger partial charge is 0.254 e. The van der Waals surface area contributed by atoms with E-state index in [2.05, 4.69) is 15.5 Å². The van der Waals surface area contributed by atoms with E-state index in [4.69, 9.17) is 0 Å². The number of aromatic amines is 1. The SMILES string of the molecule is Cc1[nH]ncc1C(=O)NCCC(=O)N1CCCCC1. The van der Waals surface area contributed by atoms with Gasteiger partial charge in [0.15, 0.2) is 0 Å². The number of nitrogens with one attached hydrogen (secondary N) is 2. The Morgan fingerprint density at radius 1 is 1.37 bits per heavy atom. The second kappa shape index (κ2) is 6.36. The Morgan fingerprint density at radius 2 is 2.11 bits per heavy atom. The molecular weight excluding hydrogens is 244 g/mol. The summed E-state index contributed by atoms with van der Waals surface area (Å²) in [6.07, 6.45) is 5.25. The van der Waals surface area contributed by atoms with Crippen molar-refractivity contribution in [2.45, 2.75) is 32.6 Å². The molecule has 0 aromatic carbocycles. The molecule has 0 aliphatic carbocycles. The Kier molecular flexibility index (Phi) is 4.54. The van der Waals surface area contributed by atoms with Gasteiger partial charge in [-0.05, 0) is 26.2 Å². The van der Waals surface area contributed by atoms with E-state index in [0.29, 0.717) is 18.5 Å². The monoisotopic (exact) mass is 264 g/mol. The molecule has 0 saturated carbocycles. The Hall–Kier alpha value is -1.85. The van der Waals surface area contributed by atoms with Crippen LogP contribution in [0.2, 0.25) is 0 Å². The molecule has 2 heterocycles. The largest absolute Gasteiger partial charge is 0.351 e. The molecule has 6 heteroatoms. The first-order valence-corrected chi connectivity index (χ1v) is 6.74. The molecule has 1 saturated heterocycles. The summed E-state index contributed by atoms with van der Waals surface area (Å²) in [5.41, 5.74) is 1.27. The maximum atomic E-state index is 11.9. The summed E-state index contributed by atoms with van der Waals surface area (Å²) in [6, 6.07) is 0. The van der Waals surface area contributed by atoms with Gasteiger partial charge in [-0.2, -0.15) is 5.10 Å². The van der Waals surface area contributed by atoms with E-state index in [9.17, 15) is 9.59 Å². The third-order valence-electron chi connectivity index (χ3n) is 3.41. The first kappa shape index (κ1) is 13.6. The van der Waals surface area contributed by atoms with E-state index >= 15 is 0 Å². The number of carbonyl (C=O) groups excluding carboxylic acids is 2. The van der Waals surface area contributed by atoms with Crippen molar-refractivity contribution >= 4 is 11.8 Å². The second-order valence-corrected chi connectivity index (χ2v) is 4.86. The van der Waals surface area contributed by atoms with E-state index < -0.39 is 0 Å². The Bertz CT molecular complexity index is 449. The quantitative estimate of drug-likeness (QED) is 0.846. The second-order valence-electron chi connectivity index (χ2n) is 4.86. The van der Waals surface area contributed by atoms with Crippen LogP contribution in [0.15, 0.2) is 6.20 Å². The van der Waals surface area contributed by atoms with Crippen LogP contribution in [-0.4, -0.2) is 46.5 Å². The highest BCUT2D eigenvalue weighted by molar-refractivity contribution is 5.95. The third-order valence-corrected chi connectivity index (χ3v) is 3.41. The molecule has 0 radical (unpaired) electrons. The van der Waals surface area contributed by atoms with Gasteiger partial charge in [0.05, 0.1) is 11.8 Å². The molecule has 1 aromatic rings. The predicted octanol–water partition coefficient (Wildman–Crippen LogP) is 0.851. The minimum atomic E-state index is -0.183. The van der Waals surface area contributed by atoms with E-state index in [-0.39, 0.29) is 11.8 Å². The highest BCUT2D eigenvalue weighted by Crippen LogP contribution is 2.09. The van der Waals surface area contributed by atoms with E-state index in [0.717, 1.165) is 31.6 Å².